The maximum atomic E-state index is 13.1. The number of sulfonamides is 1. The number of carbonyl (C=O) groups is 2. The summed E-state index contributed by atoms with van der Waals surface area (Å²) >= 11 is 0. The molecular weight excluding hydrogens is 425 g/mol. The fraction of sp³-hybridized carbons (Fsp3) is 0.333. The van der Waals surface area contributed by atoms with Crippen molar-refractivity contribution in [2.45, 2.75) is 24.3 Å². The van der Waals surface area contributed by atoms with Crippen LogP contribution in [0.1, 0.15) is 23.7 Å². The topological polar surface area (TPSA) is 96.0 Å². The molecule has 164 valence electrons. The Labute approximate surface area is 179 Å². The number of rotatable bonds is 4. The molecule has 31 heavy (non-hydrogen) atoms. The second-order valence-electron chi connectivity index (χ2n) is 7.37. The minimum absolute atomic E-state index is 0.0448. The predicted octanol–water partition coefficient (Wildman–Crippen LogP) is 2.08. The highest BCUT2D eigenvalue weighted by atomic mass is 32.2. The van der Waals surface area contributed by atoms with Crippen LogP contribution in [-0.2, 0) is 14.8 Å². The molecule has 0 spiro atoms. The van der Waals surface area contributed by atoms with E-state index < -0.39 is 21.9 Å². The molecule has 0 aromatic heterocycles. The molecule has 2 aromatic rings. The van der Waals surface area contributed by atoms with Crippen molar-refractivity contribution in [3.63, 3.8) is 0 Å². The van der Waals surface area contributed by atoms with Crippen LogP contribution in [0.4, 0.5) is 10.1 Å². The molecule has 2 aliphatic heterocycles. The number of carbonyl (C=O) groups excluding carboxylic acids is 2. The summed E-state index contributed by atoms with van der Waals surface area (Å²) < 4.78 is 46.2. The van der Waals surface area contributed by atoms with Gasteiger partial charge in [-0.15, -0.1) is 0 Å². The van der Waals surface area contributed by atoms with Crippen molar-refractivity contribution >= 4 is 27.5 Å². The molecule has 0 bridgehead atoms. The minimum Gasteiger partial charge on any atom is -0.478 e. The van der Waals surface area contributed by atoms with Crippen LogP contribution in [-0.4, -0.2) is 61.7 Å². The second-order valence-corrected chi connectivity index (χ2v) is 9.30. The van der Waals surface area contributed by atoms with E-state index in [1.54, 1.807) is 11.0 Å². The highest BCUT2D eigenvalue weighted by molar-refractivity contribution is 7.89. The minimum atomic E-state index is -3.81. The van der Waals surface area contributed by atoms with E-state index in [0.717, 1.165) is 0 Å². The summed E-state index contributed by atoms with van der Waals surface area (Å²) in [6.45, 7) is 2.53. The number of fused-ring (bicyclic) bond motifs is 1. The van der Waals surface area contributed by atoms with Crippen molar-refractivity contribution in [2.75, 3.05) is 31.5 Å². The molecule has 1 fully saturated rings. The lowest BCUT2D eigenvalue weighted by Gasteiger charge is -2.34. The number of hydrogen-bond donors (Lipinski definition) is 1. The number of amides is 2. The summed E-state index contributed by atoms with van der Waals surface area (Å²) in [5, 5.41) is 2.69. The number of nitrogens with zero attached hydrogens (tertiary/aromatic N) is 2. The number of piperazine rings is 1. The Balaban J connectivity index is 1.46. The Morgan fingerprint density at radius 3 is 2.45 bits per heavy atom. The number of ether oxygens (including phenoxy) is 1. The highest BCUT2D eigenvalue weighted by Crippen LogP contribution is 2.33. The average molecular weight is 447 g/mol. The molecule has 0 radical (unpaired) electrons. The molecule has 0 saturated carbocycles. The molecule has 10 heteroatoms. The van der Waals surface area contributed by atoms with Crippen LogP contribution in [0.3, 0.4) is 0 Å². The first-order chi connectivity index (χ1) is 14.8. The Morgan fingerprint density at radius 1 is 1.13 bits per heavy atom. The van der Waals surface area contributed by atoms with Crippen molar-refractivity contribution in [1.29, 1.82) is 0 Å². The molecule has 2 aromatic carbocycles. The van der Waals surface area contributed by atoms with Crippen LogP contribution in [0, 0.1) is 5.82 Å². The van der Waals surface area contributed by atoms with Crippen LogP contribution >= 0.6 is 0 Å². The van der Waals surface area contributed by atoms with Crippen molar-refractivity contribution in [1.82, 2.24) is 9.21 Å². The second kappa shape index (κ2) is 8.27. The zero-order valence-electron chi connectivity index (χ0n) is 16.9. The number of benzene rings is 2. The van der Waals surface area contributed by atoms with Crippen LogP contribution in [0.5, 0.6) is 5.75 Å². The van der Waals surface area contributed by atoms with Crippen molar-refractivity contribution in [3.05, 3.63) is 53.8 Å². The standard InChI is InChI=1S/C21H22FN3O5S/c1-2-18-20(26)23-17-13-16(7-8-19(17)30-18)31(28,29)25-11-9-24(10-12-25)21(27)14-3-5-15(22)6-4-14/h3-8,13,18H,2,9-12H2,1H3,(H,23,26)/t18-/m1/s1. The molecule has 2 heterocycles. The van der Waals surface area contributed by atoms with Crippen LogP contribution in [0.25, 0.3) is 0 Å². The molecule has 0 unspecified atom stereocenters. The van der Waals surface area contributed by atoms with Crippen LogP contribution in [0.2, 0.25) is 0 Å². The predicted molar refractivity (Wildman–Crippen MR) is 111 cm³/mol. The third kappa shape index (κ3) is 4.13. The Hall–Kier alpha value is -2.98. The van der Waals surface area contributed by atoms with Crippen LogP contribution in [0.15, 0.2) is 47.4 Å². The van der Waals surface area contributed by atoms with Gasteiger partial charge in [0.2, 0.25) is 10.0 Å². The summed E-state index contributed by atoms with van der Waals surface area (Å²) in [6.07, 6.45) is -0.0895. The Bertz CT molecular complexity index is 1110. The summed E-state index contributed by atoms with van der Waals surface area (Å²) in [5.74, 6) is -0.571. The van der Waals surface area contributed by atoms with Gasteiger partial charge in [-0.1, -0.05) is 6.92 Å². The molecule has 0 aliphatic carbocycles. The smallest absolute Gasteiger partial charge is 0.265 e. The van der Waals surface area contributed by atoms with Gasteiger partial charge in [0.05, 0.1) is 10.6 Å². The van der Waals surface area contributed by atoms with E-state index in [-0.39, 0.29) is 42.9 Å². The van der Waals surface area contributed by atoms with E-state index in [4.69, 9.17) is 4.74 Å². The van der Waals surface area contributed by atoms with Gasteiger partial charge in [0, 0.05) is 31.7 Å². The van der Waals surface area contributed by atoms with Crippen molar-refractivity contribution < 1.29 is 27.1 Å². The number of anilines is 1. The first-order valence-corrected chi connectivity index (χ1v) is 11.4. The third-order valence-corrected chi connectivity index (χ3v) is 7.29. The molecule has 2 aliphatic rings. The largest absolute Gasteiger partial charge is 0.478 e. The van der Waals surface area contributed by atoms with Gasteiger partial charge in [-0.2, -0.15) is 4.31 Å². The maximum Gasteiger partial charge on any atom is 0.265 e. The Morgan fingerprint density at radius 2 is 1.81 bits per heavy atom. The average Bonchev–Trinajstić information content (AvgIpc) is 2.78. The molecular formula is C21H22FN3O5S. The van der Waals surface area contributed by atoms with Gasteiger partial charge in [0.25, 0.3) is 11.8 Å². The summed E-state index contributed by atoms with van der Waals surface area (Å²) in [5.41, 5.74) is 0.675. The van der Waals surface area contributed by atoms with Crippen LogP contribution < -0.4 is 10.1 Å². The lowest BCUT2D eigenvalue weighted by Crippen LogP contribution is -2.50. The van der Waals surface area contributed by atoms with Gasteiger partial charge in [-0.3, -0.25) is 9.59 Å². The molecule has 8 nitrogen and oxygen atoms in total. The van der Waals surface area contributed by atoms with Gasteiger partial charge in [-0.25, -0.2) is 12.8 Å². The maximum absolute atomic E-state index is 13.1. The number of nitrogens with one attached hydrogen (secondary N) is 1. The van der Waals surface area contributed by atoms with E-state index in [1.807, 2.05) is 6.92 Å². The highest BCUT2D eigenvalue weighted by Gasteiger charge is 2.32. The van der Waals surface area contributed by atoms with Gasteiger partial charge >= 0.3 is 0 Å². The molecule has 1 atom stereocenters. The summed E-state index contributed by atoms with van der Waals surface area (Å²) in [6, 6.07) is 9.64. The van der Waals surface area contributed by atoms with E-state index >= 15 is 0 Å². The first-order valence-electron chi connectivity index (χ1n) is 9.96. The molecule has 2 amide bonds. The number of halogens is 1. The number of hydrogen-bond acceptors (Lipinski definition) is 5. The summed E-state index contributed by atoms with van der Waals surface area (Å²) in [7, 11) is -3.81. The fourth-order valence-electron chi connectivity index (χ4n) is 3.61. The molecule has 1 N–H and O–H groups in total. The fourth-order valence-corrected chi connectivity index (χ4v) is 5.06. The van der Waals surface area contributed by atoms with Gasteiger partial charge < -0.3 is 15.0 Å². The molecule has 1 saturated heterocycles. The monoisotopic (exact) mass is 447 g/mol. The lowest BCUT2D eigenvalue weighted by molar-refractivity contribution is -0.123. The Kier molecular flexibility index (Phi) is 5.67. The normalized spacial score (nSPS) is 19.4. The first kappa shape index (κ1) is 21.3. The third-order valence-electron chi connectivity index (χ3n) is 5.40. The van der Waals surface area contributed by atoms with Gasteiger partial charge in [-0.05, 0) is 48.9 Å². The van der Waals surface area contributed by atoms with E-state index in [0.29, 0.717) is 23.4 Å². The van der Waals surface area contributed by atoms with Gasteiger partial charge in [0.1, 0.15) is 11.6 Å². The van der Waals surface area contributed by atoms with E-state index in [1.165, 1.54) is 40.7 Å². The van der Waals surface area contributed by atoms with Crippen molar-refractivity contribution in [3.8, 4) is 5.75 Å². The summed E-state index contributed by atoms with van der Waals surface area (Å²) in [4.78, 5) is 26.2. The lowest BCUT2D eigenvalue weighted by atomic mass is 10.2. The zero-order valence-corrected chi connectivity index (χ0v) is 17.7. The molecule has 4 rings (SSSR count). The van der Waals surface area contributed by atoms with E-state index in [2.05, 4.69) is 5.32 Å². The SMILES string of the molecule is CC[C@H]1Oc2ccc(S(=O)(=O)N3CCN(C(=O)c4ccc(F)cc4)CC3)cc2NC1=O. The quantitative estimate of drug-likeness (QED) is 0.774. The van der Waals surface area contributed by atoms with Gasteiger partial charge in [0.15, 0.2) is 6.10 Å². The zero-order chi connectivity index (χ0) is 22.2. The van der Waals surface area contributed by atoms with Crippen molar-refractivity contribution in [2.24, 2.45) is 0 Å². The van der Waals surface area contributed by atoms with E-state index in [9.17, 15) is 22.4 Å².